The van der Waals surface area contributed by atoms with Gasteiger partial charge in [0.05, 0.1) is 25.3 Å². The fourth-order valence-electron chi connectivity index (χ4n) is 3.09. The molecule has 0 radical (unpaired) electrons. The molecular formula is C19H20ClNO3. The number of anilines is 1. The summed E-state index contributed by atoms with van der Waals surface area (Å²) in [6, 6.07) is 12.9. The average molecular weight is 346 g/mol. The van der Waals surface area contributed by atoms with Crippen molar-refractivity contribution in [2.24, 2.45) is 0 Å². The summed E-state index contributed by atoms with van der Waals surface area (Å²) in [5, 5.41) is 3.69. The molecule has 0 spiro atoms. The highest BCUT2D eigenvalue weighted by atomic mass is 35.5. The number of halogens is 1. The van der Waals surface area contributed by atoms with Gasteiger partial charge >= 0.3 is 0 Å². The molecule has 1 aliphatic rings. The Bertz CT molecular complexity index is 739. The number of ether oxygens (including phenoxy) is 2. The summed E-state index contributed by atoms with van der Waals surface area (Å²) in [4.78, 5) is 13.0. The largest absolute Gasteiger partial charge is 0.497 e. The van der Waals surface area contributed by atoms with Crippen LogP contribution in [0.1, 0.15) is 24.8 Å². The summed E-state index contributed by atoms with van der Waals surface area (Å²) in [7, 11) is 3.17. The summed E-state index contributed by atoms with van der Waals surface area (Å²) in [6.45, 7) is 0. The first-order valence-electron chi connectivity index (χ1n) is 7.88. The van der Waals surface area contributed by atoms with E-state index in [1.54, 1.807) is 32.4 Å². The molecule has 0 atom stereocenters. The maximum atomic E-state index is 13.0. The molecule has 0 aromatic heterocycles. The van der Waals surface area contributed by atoms with Crippen LogP contribution in [0.5, 0.6) is 11.5 Å². The number of nitrogens with one attached hydrogen (secondary N) is 1. The van der Waals surface area contributed by atoms with Crippen LogP contribution in [0.4, 0.5) is 5.69 Å². The van der Waals surface area contributed by atoms with Crippen molar-refractivity contribution in [3.8, 4) is 11.5 Å². The Hall–Kier alpha value is -2.20. The minimum Gasteiger partial charge on any atom is -0.497 e. The van der Waals surface area contributed by atoms with Gasteiger partial charge in [-0.25, -0.2) is 0 Å². The van der Waals surface area contributed by atoms with Crippen LogP contribution in [0.2, 0.25) is 5.02 Å². The fraction of sp³-hybridized carbons (Fsp3) is 0.316. The molecule has 1 saturated carbocycles. The fourth-order valence-corrected chi connectivity index (χ4v) is 3.22. The number of amides is 1. The second-order valence-electron chi connectivity index (χ2n) is 5.96. The molecule has 126 valence electrons. The quantitative estimate of drug-likeness (QED) is 0.872. The van der Waals surface area contributed by atoms with Crippen molar-refractivity contribution in [1.82, 2.24) is 0 Å². The van der Waals surface area contributed by atoms with Crippen molar-refractivity contribution in [3.05, 3.63) is 53.1 Å². The molecule has 2 aromatic carbocycles. The standard InChI is InChI=1S/C19H20ClNO3/c1-23-15-8-9-16(17(12-15)24-2)21-18(22)19(10-3-11-19)13-4-6-14(20)7-5-13/h4-9,12H,3,10-11H2,1-2H3,(H,21,22). The van der Waals surface area contributed by atoms with Crippen molar-refractivity contribution in [2.75, 3.05) is 19.5 Å². The maximum Gasteiger partial charge on any atom is 0.235 e. The lowest BCUT2D eigenvalue weighted by atomic mass is 9.64. The van der Waals surface area contributed by atoms with Crippen LogP contribution < -0.4 is 14.8 Å². The van der Waals surface area contributed by atoms with E-state index in [0.717, 1.165) is 24.8 Å². The summed E-state index contributed by atoms with van der Waals surface area (Å²) < 4.78 is 10.6. The number of hydrogen-bond acceptors (Lipinski definition) is 3. The van der Waals surface area contributed by atoms with Crippen LogP contribution in [0.3, 0.4) is 0 Å². The van der Waals surface area contributed by atoms with E-state index in [1.165, 1.54) is 0 Å². The molecule has 1 aliphatic carbocycles. The molecule has 3 rings (SSSR count). The van der Waals surface area contributed by atoms with E-state index >= 15 is 0 Å². The normalized spacial score (nSPS) is 15.3. The third-order valence-corrected chi connectivity index (χ3v) is 4.95. The number of carbonyl (C=O) groups is 1. The monoisotopic (exact) mass is 345 g/mol. The van der Waals surface area contributed by atoms with Crippen molar-refractivity contribution in [3.63, 3.8) is 0 Å². The first-order chi connectivity index (χ1) is 11.6. The van der Waals surface area contributed by atoms with Gasteiger partial charge in [0.1, 0.15) is 11.5 Å². The maximum absolute atomic E-state index is 13.0. The van der Waals surface area contributed by atoms with Crippen LogP contribution in [0.25, 0.3) is 0 Å². The van der Waals surface area contributed by atoms with Crippen LogP contribution in [0.15, 0.2) is 42.5 Å². The number of carbonyl (C=O) groups excluding carboxylic acids is 1. The van der Waals surface area contributed by atoms with Crippen molar-refractivity contribution in [1.29, 1.82) is 0 Å². The van der Waals surface area contributed by atoms with Gasteiger partial charge in [0.15, 0.2) is 0 Å². The Morgan fingerprint density at radius 1 is 1.08 bits per heavy atom. The lowest BCUT2D eigenvalue weighted by Gasteiger charge is -2.40. The Balaban J connectivity index is 1.87. The lowest BCUT2D eigenvalue weighted by molar-refractivity contribution is -0.124. The van der Waals surface area contributed by atoms with Gasteiger partial charge < -0.3 is 14.8 Å². The van der Waals surface area contributed by atoms with Crippen molar-refractivity contribution >= 4 is 23.2 Å². The molecule has 0 aliphatic heterocycles. The van der Waals surface area contributed by atoms with Gasteiger partial charge in [-0.15, -0.1) is 0 Å². The van der Waals surface area contributed by atoms with Crippen LogP contribution in [0, 0.1) is 0 Å². The Morgan fingerprint density at radius 2 is 1.79 bits per heavy atom. The first-order valence-corrected chi connectivity index (χ1v) is 8.26. The Kier molecular flexibility index (Phi) is 4.67. The molecule has 1 amide bonds. The van der Waals surface area contributed by atoms with Crippen LogP contribution in [-0.2, 0) is 10.2 Å². The summed E-state index contributed by atoms with van der Waals surface area (Å²) in [5.74, 6) is 1.24. The van der Waals surface area contributed by atoms with Crippen molar-refractivity contribution in [2.45, 2.75) is 24.7 Å². The summed E-state index contributed by atoms with van der Waals surface area (Å²) in [5.41, 5.74) is 1.15. The van der Waals surface area contributed by atoms with E-state index in [9.17, 15) is 4.79 Å². The molecular weight excluding hydrogens is 326 g/mol. The second-order valence-corrected chi connectivity index (χ2v) is 6.40. The van der Waals surface area contributed by atoms with Gasteiger partial charge in [-0.1, -0.05) is 30.2 Å². The highest BCUT2D eigenvalue weighted by Gasteiger charge is 2.45. The topological polar surface area (TPSA) is 47.6 Å². The zero-order valence-corrected chi connectivity index (χ0v) is 14.5. The number of benzene rings is 2. The van der Waals surface area contributed by atoms with E-state index < -0.39 is 5.41 Å². The van der Waals surface area contributed by atoms with E-state index in [-0.39, 0.29) is 5.91 Å². The van der Waals surface area contributed by atoms with Gasteiger partial charge in [0, 0.05) is 11.1 Å². The summed E-state index contributed by atoms with van der Waals surface area (Å²) in [6.07, 6.45) is 2.70. The molecule has 5 heteroatoms. The molecule has 2 aromatic rings. The highest BCUT2D eigenvalue weighted by molar-refractivity contribution is 6.30. The SMILES string of the molecule is COc1ccc(NC(=O)C2(c3ccc(Cl)cc3)CCC2)c(OC)c1. The Morgan fingerprint density at radius 3 is 2.33 bits per heavy atom. The van der Waals surface area contributed by atoms with Gasteiger partial charge in [-0.3, -0.25) is 4.79 Å². The number of methoxy groups -OCH3 is 2. The second kappa shape index (κ2) is 6.73. The van der Waals surface area contributed by atoms with Gasteiger partial charge in [0.2, 0.25) is 5.91 Å². The zero-order chi connectivity index (χ0) is 17.2. The predicted molar refractivity (Wildman–Crippen MR) is 95.2 cm³/mol. The molecule has 0 unspecified atom stereocenters. The summed E-state index contributed by atoms with van der Waals surface area (Å²) >= 11 is 5.97. The zero-order valence-electron chi connectivity index (χ0n) is 13.8. The van der Waals surface area contributed by atoms with E-state index in [0.29, 0.717) is 22.2 Å². The molecule has 0 saturated heterocycles. The van der Waals surface area contributed by atoms with E-state index in [4.69, 9.17) is 21.1 Å². The molecule has 0 heterocycles. The third kappa shape index (κ3) is 2.94. The highest BCUT2D eigenvalue weighted by Crippen LogP contribution is 2.45. The Labute approximate surface area is 146 Å². The molecule has 4 nitrogen and oxygen atoms in total. The number of hydrogen-bond donors (Lipinski definition) is 1. The molecule has 24 heavy (non-hydrogen) atoms. The molecule has 1 fully saturated rings. The van der Waals surface area contributed by atoms with Gasteiger partial charge in [-0.2, -0.15) is 0 Å². The van der Waals surface area contributed by atoms with Crippen LogP contribution in [-0.4, -0.2) is 20.1 Å². The third-order valence-electron chi connectivity index (χ3n) is 4.70. The van der Waals surface area contributed by atoms with E-state index in [2.05, 4.69) is 5.32 Å². The van der Waals surface area contributed by atoms with Crippen LogP contribution >= 0.6 is 11.6 Å². The minimum atomic E-state index is -0.491. The van der Waals surface area contributed by atoms with Crippen molar-refractivity contribution < 1.29 is 14.3 Å². The van der Waals surface area contributed by atoms with E-state index in [1.807, 2.05) is 24.3 Å². The van der Waals surface area contributed by atoms with Gasteiger partial charge in [0.25, 0.3) is 0 Å². The number of rotatable bonds is 5. The first kappa shape index (κ1) is 16.7. The van der Waals surface area contributed by atoms with Gasteiger partial charge in [-0.05, 0) is 42.7 Å². The average Bonchev–Trinajstić information content (AvgIpc) is 2.56. The lowest BCUT2D eigenvalue weighted by Crippen LogP contribution is -2.46. The smallest absolute Gasteiger partial charge is 0.235 e. The molecule has 0 bridgehead atoms. The minimum absolute atomic E-state index is 0.0143. The predicted octanol–water partition coefficient (Wildman–Crippen LogP) is 4.42. The molecule has 1 N–H and O–H groups in total.